The van der Waals surface area contributed by atoms with Crippen LogP contribution in [0.5, 0.6) is 11.5 Å². The van der Waals surface area contributed by atoms with Gasteiger partial charge in [-0.2, -0.15) is 4.31 Å². The van der Waals surface area contributed by atoms with Crippen molar-refractivity contribution in [2.24, 2.45) is 0 Å². The normalized spacial score (nSPS) is 21.3. The van der Waals surface area contributed by atoms with E-state index in [1.807, 2.05) is 0 Å². The molecule has 0 radical (unpaired) electrons. The summed E-state index contributed by atoms with van der Waals surface area (Å²) in [6.45, 7) is 2.66. The summed E-state index contributed by atoms with van der Waals surface area (Å²) in [6, 6.07) is 5.52. The first-order valence-electron chi connectivity index (χ1n) is 9.52. The van der Waals surface area contributed by atoms with Crippen LogP contribution in [0.4, 0.5) is 0 Å². The lowest BCUT2D eigenvalue weighted by molar-refractivity contribution is 0.126. The molecule has 1 heterocycles. The van der Waals surface area contributed by atoms with Crippen molar-refractivity contribution >= 4 is 10.0 Å². The van der Waals surface area contributed by atoms with Crippen molar-refractivity contribution in [1.82, 2.24) is 9.21 Å². The molecule has 0 amide bonds. The van der Waals surface area contributed by atoms with E-state index >= 15 is 0 Å². The maximum absolute atomic E-state index is 13.1. The van der Waals surface area contributed by atoms with Gasteiger partial charge in [-0.3, -0.25) is 4.90 Å². The second-order valence-electron chi connectivity index (χ2n) is 7.10. The molecule has 2 aliphatic rings. The first kappa shape index (κ1) is 19.5. The molecule has 146 valence electrons. The average Bonchev–Trinajstić information content (AvgIpc) is 2.97. The summed E-state index contributed by atoms with van der Waals surface area (Å²) in [4.78, 5) is 2.67. The standard InChI is InChI=1S/C19H30N2O4S/c1-24-17-9-10-18(25-2)19(15-17)26(22,23)21-13-11-20(12-14-21)16-7-5-3-4-6-8-16/h9-10,15-16H,3-8,11-14H2,1-2H3. The molecule has 0 spiro atoms. The second kappa shape index (κ2) is 8.59. The smallest absolute Gasteiger partial charge is 0.246 e. The van der Waals surface area contributed by atoms with Crippen molar-refractivity contribution in [3.05, 3.63) is 18.2 Å². The zero-order chi connectivity index (χ0) is 18.6. The summed E-state index contributed by atoms with van der Waals surface area (Å²) in [5.41, 5.74) is 0. The molecular formula is C19H30N2O4S. The molecule has 0 N–H and O–H groups in total. The number of piperazine rings is 1. The van der Waals surface area contributed by atoms with Crippen LogP contribution in [0.3, 0.4) is 0 Å². The fourth-order valence-electron chi connectivity index (χ4n) is 4.06. The molecular weight excluding hydrogens is 352 g/mol. The second-order valence-corrected chi connectivity index (χ2v) is 9.01. The Hall–Kier alpha value is -1.31. The van der Waals surface area contributed by atoms with E-state index in [2.05, 4.69) is 4.90 Å². The Morgan fingerprint density at radius 3 is 2.15 bits per heavy atom. The minimum atomic E-state index is -3.60. The molecule has 1 aromatic rings. The Morgan fingerprint density at radius 1 is 0.923 bits per heavy atom. The van der Waals surface area contributed by atoms with Crippen molar-refractivity contribution in [1.29, 1.82) is 0 Å². The van der Waals surface area contributed by atoms with Crippen LogP contribution in [0, 0.1) is 0 Å². The van der Waals surface area contributed by atoms with Crippen LogP contribution in [0.15, 0.2) is 23.1 Å². The van der Waals surface area contributed by atoms with Crippen molar-refractivity contribution in [3.8, 4) is 11.5 Å². The van der Waals surface area contributed by atoms with Gasteiger partial charge < -0.3 is 9.47 Å². The van der Waals surface area contributed by atoms with Gasteiger partial charge >= 0.3 is 0 Å². The van der Waals surface area contributed by atoms with Gasteiger partial charge in [0.2, 0.25) is 10.0 Å². The summed E-state index contributed by atoms with van der Waals surface area (Å²) in [5, 5.41) is 0. The molecule has 6 nitrogen and oxygen atoms in total. The Labute approximate surface area is 157 Å². The highest BCUT2D eigenvalue weighted by molar-refractivity contribution is 7.89. The van der Waals surface area contributed by atoms with Crippen molar-refractivity contribution in [2.75, 3.05) is 40.4 Å². The average molecular weight is 383 g/mol. The predicted molar refractivity (Wildman–Crippen MR) is 101 cm³/mol. The molecule has 1 aliphatic carbocycles. The van der Waals surface area contributed by atoms with Gasteiger partial charge in [-0.25, -0.2) is 8.42 Å². The highest BCUT2D eigenvalue weighted by Gasteiger charge is 2.33. The molecule has 0 atom stereocenters. The fourth-order valence-corrected chi connectivity index (χ4v) is 5.65. The summed E-state index contributed by atoms with van der Waals surface area (Å²) in [7, 11) is -0.575. The minimum Gasteiger partial charge on any atom is -0.497 e. The lowest BCUT2D eigenvalue weighted by atomic mass is 10.1. The number of methoxy groups -OCH3 is 2. The topological polar surface area (TPSA) is 59.1 Å². The molecule has 26 heavy (non-hydrogen) atoms. The number of hydrogen-bond donors (Lipinski definition) is 0. The van der Waals surface area contributed by atoms with Gasteiger partial charge in [0.15, 0.2) is 0 Å². The maximum Gasteiger partial charge on any atom is 0.246 e. The summed E-state index contributed by atoms with van der Waals surface area (Å²) in [6.07, 6.45) is 7.75. The number of ether oxygens (including phenoxy) is 2. The molecule has 0 bridgehead atoms. The largest absolute Gasteiger partial charge is 0.497 e. The van der Waals surface area contributed by atoms with E-state index in [0.29, 0.717) is 30.6 Å². The van der Waals surface area contributed by atoms with Gasteiger partial charge in [-0.15, -0.1) is 0 Å². The monoisotopic (exact) mass is 382 g/mol. The first-order valence-corrected chi connectivity index (χ1v) is 11.0. The van der Waals surface area contributed by atoms with Gasteiger partial charge in [-0.1, -0.05) is 25.7 Å². The summed E-state index contributed by atoms with van der Waals surface area (Å²) in [5.74, 6) is 0.874. The molecule has 1 saturated carbocycles. The molecule has 2 fully saturated rings. The van der Waals surface area contributed by atoms with Gasteiger partial charge in [0.25, 0.3) is 0 Å². The van der Waals surface area contributed by atoms with E-state index < -0.39 is 10.0 Å². The highest BCUT2D eigenvalue weighted by atomic mass is 32.2. The Balaban J connectivity index is 1.72. The molecule has 1 aliphatic heterocycles. The lowest BCUT2D eigenvalue weighted by Crippen LogP contribution is -2.51. The number of rotatable bonds is 5. The number of sulfonamides is 1. The van der Waals surface area contributed by atoms with Crippen molar-refractivity contribution in [3.63, 3.8) is 0 Å². The van der Waals surface area contributed by atoms with E-state index in [9.17, 15) is 8.42 Å². The molecule has 0 unspecified atom stereocenters. The van der Waals surface area contributed by atoms with Crippen LogP contribution in [0.25, 0.3) is 0 Å². The Morgan fingerprint density at radius 2 is 1.58 bits per heavy atom. The van der Waals surface area contributed by atoms with Crippen LogP contribution in [0.2, 0.25) is 0 Å². The van der Waals surface area contributed by atoms with Gasteiger partial charge in [0.1, 0.15) is 16.4 Å². The predicted octanol–water partition coefficient (Wildman–Crippen LogP) is 2.73. The van der Waals surface area contributed by atoms with Crippen LogP contribution in [-0.4, -0.2) is 64.1 Å². The van der Waals surface area contributed by atoms with Crippen LogP contribution >= 0.6 is 0 Å². The fraction of sp³-hybridized carbons (Fsp3) is 0.684. The third-order valence-corrected chi connectivity index (χ3v) is 7.52. The van der Waals surface area contributed by atoms with Gasteiger partial charge in [0.05, 0.1) is 14.2 Å². The number of benzene rings is 1. The third-order valence-electron chi connectivity index (χ3n) is 5.60. The van der Waals surface area contributed by atoms with E-state index in [4.69, 9.17) is 9.47 Å². The van der Waals surface area contributed by atoms with E-state index in [-0.39, 0.29) is 4.90 Å². The molecule has 7 heteroatoms. The van der Waals surface area contributed by atoms with E-state index in [1.165, 1.54) is 52.7 Å². The summed E-state index contributed by atoms with van der Waals surface area (Å²) >= 11 is 0. The number of nitrogens with zero attached hydrogens (tertiary/aromatic N) is 2. The van der Waals surface area contributed by atoms with Crippen molar-refractivity contribution in [2.45, 2.75) is 49.5 Å². The van der Waals surface area contributed by atoms with Gasteiger partial charge in [0, 0.05) is 38.3 Å². The van der Waals surface area contributed by atoms with E-state index in [1.54, 1.807) is 22.5 Å². The molecule has 1 saturated heterocycles. The molecule has 3 rings (SSSR count). The van der Waals surface area contributed by atoms with Crippen LogP contribution in [-0.2, 0) is 10.0 Å². The zero-order valence-electron chi connectivity index (χ0n) is 15.8. The minimum absolute atomic E-state index is 0.183. The van der Waals surface area contributed by atoms with Crippen LogP contribution in [0.1, 0.15) is 38.5 Å². The SMILES string of the molecule is COc1ccc(OC)c(S(=O)(=O)N2CCN(C3CCCCCC3)CC2)c1. The summed E-state index contributed by atoms with van der Waals surface area (Å²) < 4.78 is 38.3. The zero-order valence-corrected chi connectivity index (χ0v) is 16.6. The lowest BCUT2D eigenvalue weighted by Gasteiger charge is -2.38. The van der Waals surface area contributed by atoms with Crippen molar-refractivity contribution < 1.29 is 17.9 Å². The van der Waals surface area contributed by atoms with Crippen LogP contribution < -0.4 is 9.47 Å². The Kier molecular flexibility index (Phi) is 6.42. The number of hydrogen-bond acceptors (Lipinski definition) is 5. The highest BCUT2D eigenvalue weighted by Crippen LogP contribution is 2.31. The Bertz CT molecular complexity index is 691. The quantitative estimate of drug-likeness (QED) is 0.733. The van der Waals surface area contributed by atoms with E-state index in [0.717, 1.165) is 13.1 Å². The maximum atomic E-state index is 13.1. The molecule has 0 aromatic heterocycles. The van der Waals surface area contributed by atoms with Gasteiger partial charge in [-0.05, 0) is 25.0 Å². The third kappa shape index (κ3) is 4.15. The first-order chi connectivity index (χ1) is 12.6. The molecule has 1 aromatic carbocycles.